The van der Waals surface area contributed by atoms with Crippen molar-refractivity contribution in [1.82, 2.24) is 10.2 Å². The van der Waals surface area contributed by atoms with Crippen LogP contribution in [0.15, 0.2) is 30.3 Å². The SMILES string of the molecule is CC(NC(=O)C(C)(N)c1ccccc1)C(=O)N1CCS(=O)(=O)CC1. The van der Waals surface area contributed by atoms with Crippen molar-refractivity contribution in [3.8, 4) is 0 Å². The molecule has 2 rings (SSSR count). The number of nitrogens with one attached hydrogen (secondary N) is 1. The molecule has 1 aromatic carbocycles. The van der Waals surface area contributed by atoms with Crippen LogP contribution in [0.1, 0.15) is 19.4 Å². The summed E-state index contributed by atoms with van der Waals surface area (Å²) < 4.78 is 22.9. The van der Waals surface area contributed by atoms with Gasteiger partial charge in [-0.3, -0.25) is 9.59 Å². The Morgan fingerprint density at radius 2 is 1.75 bits per heavy atom. The monoisotopic (exact) mass is 353 g/mol. The molecule has 1 heterocycles. The molecule has 0 radical (unpaired) electrons. The van der Waals surface area contributed by atoms with Crippen LogP contribution in [0.3, 0.4) is 0 Å². The van der Waals surface area contributed by atoms with Gasteiger partial charge in [0, 0.05) is 13.1 Å². The Balaban J connectivity index is 2.00. The van der Waals surface area contributed by atoms with Crippen molar-refractivity contribution in [2.45, 2.75) is 25.4 Å². The second-order valence-electron chi connectivity index (χ2n) is 6.24. The summed E-state index contributed by atoms with van der Waals surface area (Å²) in [5.74, 6) is -0.850. The highest BCUT2D eigenvalue weighted by molar-refractivity contribution is 7.91. The molecule has 2 amide bonds. The molecule has 1 aliphatic rings. The predicted octanol–water partition coefficient (Wildman–Crippen LogP) is -0.378. The fourth-order valence-electron chi connectivity index (χ4n) is 2.53. The number of hydrogen-bond donors (Lipinski definition) is 2. The van der Waals surface area contributed by atoms with E-state index in [1.54, 1.807) is 38.1 Å². The molecular formula is C16H23N3O4S. The standard InChI is InChI=1S/C16H23N3O4S/c1-12(14(20)19-8-10-24(22,23)11-9-19)18-15(21)16(2,17)13-6-4-3-5-7-13/h3-7,12H,8-11,17H2,1-2H3,(H,18,21). The normalized spacial score (nSPS) is 20.7. The van der Waals surface area contributed by atoms with Gasteiger partial charge in [0.15, 0.2) is 9.84 Å². The maximum Gasteiger partial charge on any atom is 0.245 e. The van der Waals surface area contributed by atoms with Crippen LogP contribution < -0.4 is 11.1 Å². The van der Waals surface area contributed by atoms with E-state index in [-0.39, 0.29) is 30.5 Å². The van der Waals surface area contributed by atoms with Gasteiger partial charge >= 0.3 is 0 Å². The number of amides is 2. The van der Waals surface area contributed by atoms with Crippen LogP contribution in [0.25, 0.3) is 0 Å². The van der Waals surface area contributed by atoms with Gasteiger partial charge in [0.2, 0.25) is 11.8 Å². The number of hydrogen-bond acceptors (Lipinski definition) is 5. The Kier molecular flexibility index (Phi) is 5.29. The van der Waals surface area contributed by atoms with E-state index < -0.39 is 27.3 Å². The molecule has 3 N–H and O–H groups in total. The number of nitrogens with zero attached hydrogens (tertiary/aromatic N) is 1. The Morgan fingerprint density at radius 3 is 2.29 bits per heavy atom. The zero-order chi connectivity index (χ0) is 18.0. The number of carbonyl (C=O) groups is 2. The molecule has 7 nitrogen and oxygen atoms in total. The molecule has 2 unspecified atom stereocenters. The van der Waals surface area contributed by atoms with Crippen LogP contribution in [0.5, 0.6) is 0 Å². The number of nitrogens with two attached hydrogens (primary N) is 1. The molecule has 2 atom stereocenters. The van der Waals surface area contributed by atoms with Crippen molar-refractivity contribution >= 4 is 21.7 Å². The Bertz CT molecular complexity index is 702. The Morgan fingerprint density at radius 1 is 1.21 bits per heavy atom. The molecule has 0 aliphatic carbocycles. The van der Waals surface area contributed by atoms with Gasteiger partial charge in [-0.15, -0.1) is 0 Å². The van der Waals surface area contributed by atoms with Gasteiger partial charge in [0.25, 0.3) is 0 Å². The molecule has 8 heteroatoms. The van der Waals surface area contributed by atoms with Crippen LogP contribution in [0.2, 0.25) is 0 Å². The van der Waals surface area contributed by atoms with Gasteiger partial charge in [-0.2, -0.15) is 0 Å². The minimum Gasteiger partial charge on any atom is -0.343 e. The molecule has 0 aromatic heterocycles. The fraction of sp³-hybridized carbons (Fsp3) is 0.500. The Hall–Kier alpha value is -1.93. The lowest BCUT2D eigenvalue weighted by Crippen LogP contribution is -2.56. The van der Waals surface area contributed by atoms with Crippen molar-refractivity contribution < 1.29 is 18.0 Å². The van der Waals surface area contributed by atoms with E-state index in [1.807, 2.05) is 6.07 Å². The predicted molar refractivity (Wildman–Crippen MR) is 90.8 cm³/mol. The minimum atomic E-state index is -3.06. The van der Waals surface area contributed by atoms with Gasteiger partial charge in [-0.1, -0.05) is 30.3 Å². The van der Waals surface area contributed by atoms with Gasteiger partial charge in [-0.05, 0) is 19.4 Å². The first-order valence-corrected chi connectivity index (χ1v) is 9.60. The van der Waals surface area contributed by atoms with Crippen molar-refractivity contribution in [1.29, 1.82) is 0 Å². The minimum absolute atomic E-state index is 0.0436. The lowest BCUT2D eigenvalue weighted by molar-refractivity contribution is -0.137. The van der Waals surface area contributed by atoms with Gasteiger partial charge in [-0.25, -0.2) is 8.42 Å². The van der Waals surface area contributed by atoms with Gasteiger partial charge < -0.3 is 16.0 Å². The van der Waals surface area contributed by atoms with Crippen LogP contribution in [0.4, 0.5) is 0 Å². The van der Waals surface area contributed by atoms with E-state index in [2.05, 4.69) is 5.32 Å². The molecular weight excluding hydrogens is 330 g/mol. The molecule has 0 bridgehead atoms. The quantitative estimate of drug-likeness (QED) is 0.767. The second kappa shape index (κ2) is 6.90. The Labute approximate surface area is 142 Å². The number of benzene rings is 1. The smallest absolute Gasteiger partial charge is 0.245 e. The lowest BCUT2D eigenvalue weighted by Gasteiger charge is -2.31. The third kappa shape index (κ3) is 4.12. The van der Waals surface area contributed by atoms with Crippen molar-refractivity contribution in [3.63, 3.8) is 0 Å². The molecule has 1 saturated heterocycles. The van der Waals surface area contributed by atoms with E-state index in [4.69, 9.17) is 5.73 Å². The van der Waals surface area contributed by atoms with Crippen LogP contribution in [-0.2, 0) is 25.0 Å². The van der Waals surface area contributed by atoms with Crippen LogP contribution >= 0.6 is 0 Å². The first-order valence-electron chi connectivity index (χ1n) is 7.78. The highest BCUT2D eigenvalue weighted by Gasteiger charge is 2.34. The molecule has 24 heavy (non-hydrogen) atoms. The van der Waals surface area contributed by atoms with E-state index in [1.165, 1.54) is 4.90 Å². The van der Waals surface area contributed by atoms with E-state index in [9.17, 15) is 18.0 Å². The maximum absolute atomic E-state index is 12.5. The molecule has 0 saturated carbocycles. The molecule has 1 aliphatic heterocycles. The fourth-order valence-corrected chi connectivity index (χ4v) is 3.73. The summed E-state index contributed by atoms with van der Waals surface area (Å²) in [4.78, 5) is 26.3. The summed E-state index contributed by atoms with van der Waals surface area (Å²) in [6.07, 6.45) is 0. The molecule has 0 spiro atoms. The summed E-state index contributed by atoms with van der Waals surface area (Å²) in [5, 5.41) is 2.63. The maximum atomic E-state index is 12.5. The number of sulfone groups is 1. The topological polar surface area (TPSA) is 110 Å². The number of carbonyl (C=O) groups excluding carboxylic acids is 2. The molecule has 1 fully saturated rings. The summed E-state index contributed by atoms with van der Waals surface area (Å²) in [6.45, 7) is 3.46. The average Bonchev–Trinajstić information content (AvgIpc) is 2.54. The van der Waals surface area contributed by atoms with Crippen molar-refractivity contribution in [2.24, 2.45) is 5.73 Å². The summed E-state index contributed by atoms with van der Waals surface area (Å²) in [6, 6.07) is 8.13. The molecule has 1 aromatic rings. The zero-order valence-electron chi connectivity index (χ0n) is 13.9. The first-order chi connectivity index (χ1) is 11.1. The van der Waals surface area contributed by atoms with E-state index in [0.717, 1.165) is 0 Å². The van der Waals surface area contributed by atoms with E-state index in [0.29, 0.717) is 5.56 Å². The van der Waals surface area contributed by atoms with E-state index >= 15 is 0 Å². The van der Waals surface area contributed by atoms with Crippen LogP contribution in [-0.4, -0.2) is 55.8 Å². The van der Waals surface area contributed by atoms with Crippen LogP contribution in [0, 0.1) is 0 Å². The summed E-state index contributed by atoms with van der Waals surface area (Å²) in [7, 11) is -3.06. The van der Waals surface area contributed by atoms with Gasteiger partial charge in [0.1, 0.15) is 11.6 Å². The molecule has 132 valence electrons. The second-order valence-corrected chi connectivity index (χ2v) is 8.54. The van der Waals surface area contributed by atoms with Gasteiger partial charge in [0.05, 0.1) is 11.5 Å². The number of rotatable bonds is 4. The third-order valence-corrected chi connectivity index (χ3v) is 5.83. The third-order valence-electron chi connectivity index (χ3n) is 4.22. The largest absolute Gasteiger partial charge is 0.343 e. The lowest BCUT2D eigenvalue weighted by atomic mass is 9.92. The van der Waals surface area contributed by atoms with Crippen molar-refractivity contribution in [3.05, 3.63) is 35.9 Å². The summed E-state index contributed by atoms with van der Waals surface area (Å²) >= 11 is 0. The average molecular weight is 353 g/mol. The van der Waals surface area contributed by atoms with Crippen molar-refractivity contribution in [2.75, 3.05) is 24.6 Å². The first kappa shape index (κ1) is 18.4. The summed E-state index contributed by atoms with van der Waals surface area (Å²) in [5.41, 5.74) is 5.51. The highest BCUT2D eigenvalue weighted by atomic mass is 32.2. The zero-order valence-corrected chi connectivity index (χ0v) is 14.7. The highest BCUT2D eigenvalue weighted by Crippen LogP contribution is 2.17.